The summed E-state index contributed by atoms with van der Waals surface area (Å²) in [5, 5.41) is 13.0. The monoisotopic (exact) mass is 688 g/mol. The number of aliphatic hydroxyl groups excluding tert-OH is 1. The second-order valence-electron chi connectivity index (χ2n) is 14.3. The zero-order valence-electron chi connectivity index (χ0n) is 29.0. The quantitative estimate of drug-likeness (QED) is 0.401. The molecule has 1 atom stereocenters. The smallest absolute Gasteiger partial charge is 0.419 e. The molecule has 268 valence electrons. The number of aliphatic hydroxyl groups is 1. The number of likely N-dealkylation sites (tertiary alicyclic amines) is 3. The molecule has 0 spiro atoms. The number of rotatable bonds is 6. The van der Waals surface area contributed by atoms with Crippen molar-refractivity contribution in [2.75, 3.05) is 51.1 Å². The van der Waals surface area contributed by atoms with Gasteiger partial charge in [0.05, 0.1) is 11.6 Å². The van der Waals surface area contributed by atoms with E-state index in [1.54, 1.807) is 18.0 Å². The Hall–Kier alpha value is -4.36. The van der Waals surface area contributed by atoms with Gasteiger partial charge in [-0.3, -0.25) is 9.36 Å². The predicted molar refractivity (Wildman–Crippen MR) is 187 cm³/mol. The van der Waals surface area contributed by atoms with Gasteiger partial charge in [-0.05, 0) is 80.7 Å². The molecule has 0 unspecified atom stereocenters. The minimum absolute atomic E-state index is 0.00881. The van der Waals surface area contributed by atoms with E-state index in [0.717, 1.165) is 67.6 Å². The minimum atomic E-state index is -1.05. The van der Waals surface area contributed by atoms with Gasteiger partial charge in [0.1, 0.15) is 0 Å². The fourth-order valence-corrected chi connectivity index (χ4v) is 8.29. The summed E-state index contributed by atoms with van der Waals surface area (Å²) in [4.78, 5) is 60.9. The van der Waals surface area contributed by atoms with Crippen LogP contribution in [0.25, 0.3) is 11.1 Å². The number of urea groups is 1. The van der Waals surface area contributed by atoms with Crippen molar-refractivity contribution < 1.29 is 28.6 Å². The minimum Gasteiger partial charge on any atom is -0.436 e. The van der Waals surface area contributed by atoms with E-state index in [0.29, 0.717) is 62.7 Å². The first kappa shape index (κ1) is 34.1. The van der Waals surface area contributed by atoms with Gasteiger partial charge in [-0.15, -0.1) is 0 Å². The van der Waals surface area contributed by atoms with Crippen LogP contribution in [-0.4, -0.2) is 117 Å². The van der Waals surface area contributed by atoms with Crippen LogP contribution in [-0.2, 0) is 29.4 Å². The van der Waals surface area contributed by atoms with Crippen molar-refractivity contribution in [3.63, 3.8) is 0 Å². The fourth-order valence-electron chi connectivity index (χ4n) is 8.29. The van der Waals surface area contributed by atoms with Gasteiger partial charge in [0.2, 0.25) is 0 Å². The van der Waals surface area contributed by atoms with Gasteiger partial charge in [-0.25, -0.2) is 14.4 Å². The highest BCUT2D eigenvalue weighted by molar-refractivity contribution is 5.91. The van der Waals surface area contributed by atoms with Gasteiger partial charge in [0.15, 0.2) is 11.7 Å². The summed E-state index contributed by atoms with van der Waals surface area (Å²) in [6.45, 7) is 6.19. The van der Waals surface area contributed by atoms with E-state index in [9.17, 15) is 24.3 Å². The SMILES string of the molecule is Cc1cc(C[C@@H](OC(=O)N2CCC(N3CCc4ccccc4NC3=O)CC2)C(=O)N2CCC(N3CCC(O)CC3)CC2)cc2oc(=O)n(C)c12. The number of aromatic nitrogens is 1. The molecule has 7 rings (SSSR count). The molecule has 2 aromatic carbocycles. The molecule has 0 aliphatic carbocycles. The van der Waals surface area contributed by atoms with Crippen LogP contribution in [0.2, 0.25) is 0 Å². The number of para-hydroxylation sites is 1. The van der Waals surface area contributed by atoms with Crippen molar-refractivity contribution >= 4 is 34.8 Å². The van der Waals surface area contributed by atoms with Crippen LogP contribution in [0.5, 0.6) is 0 Å². The van der Waals surface area contributed by atoms with Gasteiger partial charge in [-0.1, -0.05) is 24.3 Å². The Labute approximate surface area is 291 Å². The highest BCUT2D eigenvalue weighted by Gasteiger charge is 2.36. The number of aryl methyl sites for hydroxylation is 2. The third kappa shape index (κ3) is 7.11. The van der Waals surface area contributed by atoms with Gasteiger partial charge in [0, 0.05) is 77.1 Å². The molecule has 13 heteroatoms. The van der Waals surface area contributed by atoms with Crippen molar-refractivity contribution in [3.05, 3.63) is 63.6 Å². The molecule has 0 radical (unpaired) electrons. The summed E-state index contributed by atoms with van der Waals surface area (Å²) in [7, 11) is 1.66. The van der Waals surface area contributed by atoms with E-state index in [1.807, 2.05) is 47.1 Å². The number of benzene rings is 2. The highest BCUT2D eigenvalue weighted by Crippen LogP contribution is 2.27. The van der Waals surface area contributed by atoms with E-state index in [4.69, 9.17) is 9.15 Å². The van der Waals surface area contributed by atoms with E-state index >= 15 is 0 Å². The Morgan fingerprint density at radius 1 is 0.920 bits per heavy atom. The van der Waals surface area contributed by atoms with Gasteiger partial charge in [0.25, 0.3) is 5.91 Å². The summed E-state index contributed by atoms with van der Waals surface area (Å²) in [6.07, 6.45) is 3.52. The number of piperidine rings is 3. The lowest BCUT2D eigenvalue weighted by atomic mass is 9.98. The maximum atomic E-state index is 14.1. The lowest BCUT2D eigenvalue weighted by Crippen LogP contribution is -2.53. The summed E-state index contributed by atoms with van der Waals surface area (Å²) >= 11 is 0. The van der Waals surface area contributed by atoms with Crippen LogP contribution in [0.1, 0.15) is 55.2 Å². The molecule has 4 aliphatic rings. The molecule has 1 aromatic heterocycles. The number of fused-ring (bicyclic) bond motifs is 2. The van der Waals surface area contributed by atoms with Crippen LogP contribution in [0.4, 0.5) is 15.3 Å². The largest absolute Gasteiger partial charge is 0.436 e. The maximum absolute atomic E-state index is 14.1. The molecule has 4 aliphatic heterocycles. The Balaban J connectivity index is 1.02. The second-order valence-corrected chi connectivity index (χ2v) is 14.3. The first-order valence-electron chi connectivity index (χ1n) is 18.1. The van der Waals surface area contributed by atoms with Gasteiger partial charge < -0.3 is 39.2 Å². The number of anilines is 1. The standard InChI is InChI=1S/C37H48N6O7/c1-24-21-25(22-31-33(24)39(2)36(47)49-31)23-32(34(45)41-14-8-27(9-15-41)40-18-12-29(44)13-19-40)50-37(48)42-16-10-28(11-17-42)43-20-7-26-5-3-4-6-30(26)38-35(43)46/h3-6,21-22,27-29,32,44H,7-20,23H2,1-2H3,(H,38,46)/t32-/m1/s1. The van der Waals surface area contributed by atoms with Crippen LogP contribution >= 0.6 is 0 Å². The molecule has 3 aromatic rings. The molecular weight excluding hydrogens is 640 g/mol. The van der Waals surface area contributed by atoms with Gasteiger partial charge >= 0.3 is 17.9 Å². The van der Waals surface area contributed by atoms with Crippen LogP contribution in [0.15, 0.2) is 45.6 Å². The number of hydrogen-bond donors (Lipinski definition) is 2. The number of ether oxygens (including phenoxy) is 1. The average Bonchev–Trinajstić information content (AvgIpc) is 3.30. The average molecular weight is 689 g/mol. The topological polar surface area (TPSA) is 141 Å². The number of hydrogen-bond acceptors (Lipinski definition) is 8. The van der Waals surface area contributed by atoms with Crippen LogP contribution in [0, 0.1) is 6.92 Å². The Morgan fingerprint density at radius 2 is 1.60 bits per heavy atom. The third-order valence-electron chi connectivity index (χ3n) is 11.2. The summed E-state index contributed by atoms with van der Waals surface area (Å²) in [5.41, 5.74) is 4.65. The van der Waals surface area contributed by atoms with Crippen molar-refractivity contribution in [3.8, 4) is 0 Å². The van der Waals surface area contributed by atoms with Crippen LogP contribution in [0.3, 0.4) is 0 Å². The molecule has 2 N–H and O–H groups in total. The third-order valence-corrected chi connectivity index (χ3v) is 11.2. The Morgan fingerprint density at radius 3 is 2.34 bits per heavy atom. The highest BCUT2D eigenvalue weighted by atomic mass is 16.6. The van der Waals surface area contributed by atoms with E-state index in [2.05, 4.69) is 10.2 Å². The number of carbonyl (C=O) groups is 3. The first-order chi connectivity index (χ1) is 24.1. The molecule has 5 heterocycles. The zero-order chi connectivity index (χ0) is 34.9. The summed E-state index contributed by atoms with van der Waals surface area (Å²) < 4.78 is 13.0. The lowest BCUT2D eigenvalue weighted by molar-refractivity contribution is -0.142. The molecule has 0 bridgehead atoms. The molecular formula is C37H48N6O7. The van der Waals surface area contributed by atoms with E-state index in [1.165, 1.54) is 4.57 Å². The van der Waals surface area contributed by atoms with Crippen molar-refractivity contribution in [2.45, 2.75) is 82.6 Å². The number of carbonyl (C=O) groups excluding carboxylic acids is 3. The first-order valence-corrected chi connectivity index (χ1v) is 18.1. The van der Waals surface area contributed by atoms with Crippen LogP contribution < -0.4 is 11.1 Å². The maximum Gasteiger partial charge on any atom is 0.419 e. The molecule has 13 nitrogen and oxygen atoms in total. The Kier molecular flexibility index (Phi) is 9.87. The molecule has 4 amide bonds. The van der Waals surface area contributed by atoms with Crippen molar-refractivity contribution in [2.24, 2.45) is 7.05 Å². The molecule has 3 saturated heterocycles. The fraction of sp³-hybridized carbons (Fsp3) is 0.568. The number of nitrogens with one attached hydrogen (secondary N) is 1. The predicted octanol–water partition coefficient (Wildman–Crippen LogP) is 3.49. The zero-order valence-corrected chi connectivity index (χ0v) is 29.0. The summed E-state index contributed by atoms with van der Waals surface area (Å²) in [6, 6.07) is 11.8. The van der Waals surface area contributed by atoms with Gasteiger partial charge in [-0.2, -0.15) is 0 Å². The van der Waals surface area contributed by atoms with Crippen molar-refractivity contribution in [1.29, 1.82) is 0 Å². The number of nitrogens with zero attached hydrogens (tertiary/aromatic N) is 5. The lowest BCUT2D eigenvalue weighted by Gasteiger charge is -2.41. The molecule has 3 fully saturated rings. The summed E-state index contributed by atoms with van der Waals surface area (Å²) in [5.74, 6) is -0.690. The van der Waals surface area contributed by atoms with E-state index < -0.39 is 18.0 Å². The van der Waals surface area contributed by atoms with Crippen molar-refractivity contribution in [1.82, 2.24) is 24.2 Å². The van der Waals surface area contributed by atoms with E-state index in [-0.39, 0.29) is 30.5 Å². The Bertz CT molecular complexity index is 1780. The molecule has 50 heavy (non-hydrogen) atoms. The molecule has 0 saturated carbocycles. The number of amides is 4. The number of oxazole rings is 1. The normalized spacial score (nSPS) is 20.8. The second kappa shape index (κ2) is 14.5.